The van der Waals surface area contributed by atoms with Gasteiger partial charge in [0.1, 0.15) is 11.4 Å². The molecule has 0 saturated heterocycles. The van der Waals surface area contributed by atoms with Crippen molar-refractivity contribution in [2.75, 3.05) is 11.6 Å². The summed E-state index contributed by atoms with van der Waals surface area (Å²) in [5.74, 6) is -0.380. The van der Waals surface area contributed by atoms with E-state index in [1.807, 2.05) is 47.8 Å². The maximum Gasteiger partial charge on any atom is 0.274 e. The fourth-order valence-corrected chi connectivity index (χ4v) is 4.20. The number of rotatable bonds is 5. The van der Waals surface area contributed by atoms with Gasteiger partial charge in [0.05, 0.1) is 15.5 Å². The van der Waals surface area contributed by atoms with Gasteiger partial charge in [-0.15, -0.1) is 11.3 Å². The number of hydrogen-bond donors (Lipinski definition) is 1. The summed E-state index contributed by atoms with van der Waals surface area (Å²) in [5, 5.41) is 9.34. The standard InChI is InChI=1S/C21H17N3O3S2/c1-29(26,27)17-10-5-7-15(13-17)22-21(25)19-14-18(20-11-6-12-28-20)23-24(19)16-8-3-2-4-9-16/h2-14H,1H3,(H,22,25). The van der Waals surface area contributed by atoms with Crippen molar-refractivity contribution in [3.8, 4) is 16.3 Å². The van der Waals surface area contributed by atoms with E-state index in [0.717, 1.165) is 16.8 Å². The normalized spacial score (nSPS) is 11.3. The molecule has 2 aromatic carbocycles. The first kappa shape index (κ1) is 19.1. The summed E-state index contributed by atoms with van der Waals surface area (Å²) < 4.78 is 25.2. The maximum atomic E-state index is 13.0. The van der Waals surface area contributed by atoms with E-state index in [1.165, 1.54) is 23.5 Å². The Kier molecular flexibility index (Phi) is 5.04. The van der Waals surface area contributed by atoms with Gasteiger partial charge in [-0.05, 0) is 47.8 Å². The summed E-state index contributed by atoms with van der Waals surface area (Å²) in [5.41, 5.74) is 2.20. The third kappa shape index (κ3) is 4.13. The summed E-state index contributed by atoms with van der Waals surface area (Å²) in [6, 6.07) is 21.2. The summed E-state index contributed by atoms with van der Waals surface area (Å²) in [6.07, 6.45) is 1.13. The van der Waals surface area contributed by atoms with Crippen LogP contribution in [0.4, 0.5) is 5.69 Å². The highest BCUT2D eigenvalue weighted by Gasteiger charge is 2.19. The number of thiophene rings is 1. The predicted octanol–water partition coefficient (Wildman–Crippen LogP) is 4.26. The van der Waals surface area contributed by atoms with Crippen LogP contribution in [0.3, 0.4) is 0 Å². The molecule has 8 heteroatoms. The molecule has 146 valence electrons. The summed E-state index contributed by atoms with van der Waals surface area (Å²) >= 11 is 1.54. The van der Waals surface area contributed by atoms with E-state index in [-0.39, 0.29) is 10.8 Å². The van der Waals surface area contributed by atoms with E-state index in [4.69, 9.17) is 0 Å². The highest BCUT2D eigenvalue weighted by atomic mass is 32.2. The van der Waals surface area contributed by atoms with Crippen molar-refractivity contribution in [2.45, 2.75) is 4.90 Å². The van der Waals surface area contributed by atoms with Gasteiger partial charge in [0.15, 0.2) is 9.84 Å². The molecule has 1 N–H and O–H groups in total. The SMILES string of the molecule is CS(=O)(=O)c1cccc(NC(=O)c2cc(-c3cccs3)nn2-c2ccccc2)c1. The average Bonchev–Trinajstić information content (AvgIpc) is 3.38. The molecule has 4 aromatic rings. The molecule has 0 atom stereocenters. The number of aromatic nitrogens is 2. The molecule has 0 aliphatic carbocycles. The molecule has 0 spiro atoms. The van der Waals surface area contributed by atoms with Crippen LogP contribution in [0.25, 0.3) is 16.3 Å². The number of amides is 1. The summed E-state index contributed by atoms with van der Waals surface area (Å²) in [7, 11) is -3.37. The molecular formula is C21H17N3O3S2. The lowest BCUT2D eigenvalue weighted by Gasteiger charge is -2.09. The number of carbonyl (C=O) groups excluding carboxylic acids is 1. The van der Waals surface area contributed by atoms with Gasteiger partial charge in [0.2, 0.25) is 0 Å². The molecule has 6 nitrogen and oxygen atoms in total. The topological polar surface area (TPSA) is 81.1 Å². The van der Waals surface area contributed by atoms with Crippen molar-refractivity contribution in [3.63, 3.8) is 0 Å². The first-order valence-electron chi connectivity index (χ1n) is 8.73. The van der Waals surface area contributed by atoms with Gasteiger partial charge in [0, 0.05) is 11.9 Å². The van der Waals surface area contributed by atoms with E-state index >= 15 is 0 Å². The monoisotopic (exact) mass is 423 g/mol. The van der Waals surface area contributed by atoms with E-state index in [0.29, 0.717) is 17.1 Å². The first-order chi connectivity index (χ1) is 13.9. The fraction of sp³-hybridized carbons (Fsp3) is 0.0476. The Hall–Kier alpha value is -3.23. The Morgan fingerprint density at radius 1 is 1.00 bits per heavy atom. The van der Waals surface area contributed by atoms with Gasteiger partial charge in [-0.25, -0.2) is 13.1 Å². The van der Waals surface area contributed by atoms with Crippen LogP contribution in [-0.4, -0.2) is 30.4 Å². The highest BCUT2D eigenvalue weighted by molar-refractivity contribution is 7.90. The zero-order valence-corrected chi connectivity index (χ0v) is 17.1. The van der Waals surface area contributed by atoms with Crippen molar-refractivity contribution in [2.24, 2.45) is 0 Å². The molecule has 2 heterocycles. The van der Waals surface area contributed by atoms with Crippen LogP contribution in [0.15, 0.2) is 83.1 Å². The maximum absolute atomic E-state index is 13.0. The van der Waals surface area contributed by atoms with Gasteiger partial charge in [0.25, 0.3) is 5.91 Å². The molecule has 0 aliphatic heterocycles. The minimum absolute atomic E-state index is 0.145. The summed E-state index contributed by atoms with van der Waals surface area (Å²) in [4.78, 5) is 14.1. The molecule has 0 aliphatic rings. The van der Waals surface area contributed by atoms with Crippen LogP contribution in [-0.2, 0) is 9.84 Å². The fourth-order valence-electron chi connectivity index (χ4n) is 2.85. The van der Waals surface area contributed by atoms with Crippen LogP contribution in [0.5, 0.6) is 0 Å². The lowest BCUT2D eigenvalue weighted by Crippen LogP contribution is -2.17. The van der Waals surface area contributed by atoms with Gasteiger partial charge in [-0.2, -0.15) is 5.10 Å². The van der Waals surface area contributed by atoms with Crippen LogP contribution >= 0.6 is 11.3 Å². The molecule has 4 rings (SSSR count). The van der Waals surface area contributed by atoms with Crippen molar-refractivity contribution in [3.05, 3.63) is 83.9 Å². The number of benzene rings is 2. The van der Waals surface area contributed by atoms with Crippen molar-refractivity contribution < 1.29 is 13.2 Å². The van der Waals surface area contributed by atoms with Crippen LogP contribution in [0.1, 0.15) is 10.5 Å². The highest BCUT2D eigenvalue weighted by Crippen LogP contribution is 2.26. The molecule has 0 saturated carbocycles. The van der Waals surface area contributed by atoms with Crippen LogP contribution < -0.4 is 5.32 Å². The molecule has 0 fully saturated rings. The number of nitrogens with one attached hydrogen (secondary N) is 1. The van der Waals surface area contributed by atoms with E-state index in [9.17, 15) is 13.2 Å². The molecule has 1 amide bonds. The van der Waals surface area contributed by atoms with Crippen LogP contribution in [0.2, 0.25) is 0 Å². The smallest absolute Gasteiger partial charge is 0.274 e. The van der Waals surface area contributed by atoms with E-state index < -0.39 is 9.84 Å². The van der Waals surface area contributed by atoms with Crippen molar-refractivity contribution >= 4 is 32.8 Å². The number of anilines is 1. The molecule has 29 heavy (non-hydrogen) atoms. The lowest BCUT2D eigenvalue weighted by molar-refractivity contribution is 0.101. The second kappa shape index (κ2) is 7.65. The largest absolute Gasteiger partial charge is 0.321 e. The Bertz CT molecular complexity index is 1260. The van der Waals surface area contributed by atoms with E-state index in [2.05, 4.69) is 10.4 Å². The molecule has 0 bridgehead atoms. The Labute approximate surface area is 172 Å². The lowest BCUT2D eigenvalue weighted by atomic mass is 10.2. The average molecular weight is 424 g/mol. The Morgan fingerprint density at radius 2 is 1.79 bits per heavy atom. The second-order valence-corrected chi connectivity index (χ2v) is 9.36. The van der Waals surface area contributed by atoms with Crippen molar-refractivity contribution in [1.29, 1.82) is 0 Å². The Balaban J connectivity index is 1.73. The van der Waals surface area contributed by atoms with Gasteiger partial charge in [-0.3, -0.25) is 4.79 Å². The summed E-state index contributed by atoms with van der Waals surface area (Å²) in [6.45, 7) is 0. The van der Waals surface area contributed by atoms with Crippen LogP contribution in [0, 0.1) is 0 Å². The van der Waals surface area contributed by atoms with Gasteiger partial charge < -0.3 is 5.32 Å². The number of sulfone groups is 1. The molecule has 0 unspecified atom stereocenters. The van der Waals surface area contributed by atoms with Crippen molar-refractivity contribution in [1.82, 2.24) is 9.78 Å². The second-order valence-electron chi connectivity index (χ2n) is 6.39. The third-order valence-corrected chi connectivity index (χ3v) is 6.24. The number of nitrogens with zero attached hydrogens (tertiary/aromatic N) is 2. The quantitative estimate of drug-likeness (QED) is 0.520. The van der Waals surface area contributed by atoms with Gasteiger partial charge >= 0.3 is 0 Å². The molecule has 0 radical (unpaired) electrons. The minimum atomic E-state index is -3.37. The number of carbonyl (C=O) groups is 1. The first-order valence-corrected chi connectivity index (χ1v) is 11.5. The molecule has 2 aromatic heterocycles. The zero-order chi connectivity index (χ0) is 20.4. The molecular weight excluding hydrogens is 406 g/mol. The number of para-hydroxylation sites is 1. The third-order valence-electron chi connectivity index (χ3n) is 4.24. The van der Waals surface area contributed by atoms with E-state index in [1.54, 1.807) is 22.9 Å². The Morgan fingerprint density at radius 3 is 2.48 bits per heavy atom. The zero-order valence-electron chi connectivity index (χ0n) is 15.4. The predicted molar refractivity (Wildman–Crippen MR) is 114 cm³/mol. The number of hydrogen-bond acceptors (Lipinski definition) is 5. The minimum Gasteiger partial charge on any atom is -0.321 e. The van der Waals surface area contributed by atoms with Gasteiger partial charge in [-0.1, -0.05) is 30.3 Å².